The summed E-state index contributed by atoms with van der Waals surface area (Å²) in [4.78, 5) is 36.6. The number of allylic oxidation sites excluding steroid dienone is 2. The Morgan fingerprint density at radius 2 is 1.22 bits per heavy atom. The van der Waals surface area contributed by atoms with Gasteiger partial charge in [-0.05, 0) is 67.1 Å². The maximum Gasteiger partial charge on any atom is 0.159 e. The number of benzene rings is 2. The van der Waals surface area contributed by atoms with Gasteiger partial charge in [0, 0.05) is 32.1 Å². The number of ketones is 3. The molecule has 0 spiro atoms. The average Bonchev–Trinajstić information content (AvgIpc) is 3.00. The second kappa shape index (κ2) is 20.1. The van der Waals surface area contributed by atoms with Crippen LogP contribution in [0.3, 0.4) is 0 Å². The minimum absolute atomic E-state index is 0.0555. The quantitative estimate of drug-likeness (QED) is 0.194. The Labute approximate surface area is 250 Å². The van der Waals surface area contributed by atoms with Crippen LogP contribution in [0.25, 0.3) is 0 Å². The Kier molecular flexibility index (Phi) is 16.9. The van der Waals surface area contributed by atoms with Crippen molar-refractivity contribution in [2.45, 2.75) is 136 Å². The maximum absolute atomic E-state index is 12.5. The van der Waals surface area contributed by atoms with E-state index >= 15 is 0 Å². The van der Waals surface area contributed by atoms with Crippen molar-refractivity contribution < 1.29 is 14.4 Å². The van der Waals surface area contributed by atoms with E-state index in [0.29, 0.717) is 43.8 Å². The van der Waals surface area contributed by atoms with Gasteiger partial charge >= 0.3 is 0 Å². The van der Waals surface area contributed by atoms with Crippen molar-refractivity contribution in [1.82, 2.24) is 0 Å². The normalized spacial score (nSPS) is 15.0. The van der Waals surface area contributed by atoms with Gasteiger partial charge in [0.15, 0.2) is 5.78 Å². The summed E-state index contributed by atoms with van der Waals surface area (Å²) in [5.41, 5.74) is 5.05. The van der Waals surface area contributed by atoms with Gasteiger partial charge in [0.1, 0.15) is 11.6 Å². The number of hydrogen-bond donors (Lipinski definition) is 0. The molecule has 1 aliphatic carbocycles. The van der Waals surface area contributed by atoms with E-state index in [1.165, 1.54) is 24.0 Å². The lowest BCUT2D eigenvalue weighted by Crippen LogP contribution is -2.18. The smallest absolute Gasteiger partial charge is 0.159 e. The minimum Gasteiger partial charge on any atom is -0.300 e. The first-order chi connectivity index (χ1) is 19.9. The van der Waals surface area contributed by atoms with Gasteiger partial charge in [0.05, 0.1) is 0 Å². The van der Waals surface area contributed by atoms with Crippen molar-refractivity contribution in [3.63, 3.8) is 0 Å². The van der Waals surface area contributed by atoms with E-state index in [-0.39, 0.29) is 17.5 Å². The highest BCUT2D eigenvalue weighted by Crippen LogP contribution is 2.38. The van der Waals surface area contributed by atoms with E-state index in [4.69, 9.17) is 0 Å². The highest BCUT2D eigenvalue weighted by Gasteiger charge is 2.27. The fraction of sp³-hybridized carbons (Fsp3) is 0.553. The zero-order valence-electron chi connectivity index (χ0n) is 26.3. The molecule has 0 fully saturated rings. The lowest BCUT2D eigenvalue weighted by atomic mass is 9.77. The second-order valence-electron chi connectivity index (χ2n) is 11.7. The van der Waals surface area contributed by atoms with Crippen LogP contribution in [0.15, 0.2) is 71.8 Å². The highest BCUT2D eigenvalue weighted by molar-refractivity contribution is 5.97. The molecule has 2 aromatic carbocycles. The summed E-state index contributed by atoms with van der Waals surface area (Å²) in [5.74, 6) is 1.43. The molecule has 1 unspecified atom stereocenters. The topological polar surface area (TPSA) is 51.2 Å². The molecule has 0 saturated heterocycles. The van der Waals surface area contributed by atoms with E-state index in [1.807, 2.05) is 36.4 Å². The molecule has 0 heterocycles. The van der Waals surface area contributed by atoms with Gasteiger partial charge in [-0.1, -0.05) is 120 Å². The van der Waals surface area contributed by atoms with Crippen LogP contribution in [0.2, 0.25) is 0 Å². The fourth-order valence-electron chi connectivity index (χ4n) is 5.74. The number of Topliss-reactive ketones (excluding diaryl/α,β-unsaturated/α-hetero) is 3. The molecule has 0 aromatic heterocycles. The molecule has 41 heavy (non-hydrogen) atoms. The molecule has 1 aliphatic rings. The fourth-order valence-corrected chi connectivity index (χ4v) is 5.74. The monoisotopic (exact) mass is 558 g/mol. The SMILES string of the molecule is CCCCC(=O)CC(CC(=O)CCCC)c1ccccc1.CCCCC1=C(CCC)C(=O)CC(c2ccccc2)C1. The molecule has 2 aromatic rings. The molecule has 0 N–H and O–H groups in total. The maximum atomic E-state index is 12.5. The number of rotatable bonds is 17. The summed E-state index contributed by atoms with van der Waals surface area (Å²) in [5, 5.41) is 0. The zero-order valence-corrected chi connectivity index (χ0v) is 26.3. The molecule has 3 heteroatoms. The molecule has 0 aliphatic heterocycles. The van der Waals surface area contributed by atoms with E-state index < -0.39 is 0 Å². The number of carbonyl (C=O) groups is 3. The minimum atomic E-state index is 0.0555. The lowest BCUT2D eigenvalue weighted by Gasteiger charge is -2.27. The van der Waals surface area contributed by atoms with Gasteiger partial charge in [-0.25, -0.2) is 0 Å². The molecule has 0 amide bonds. The number of carbonyl (C=O) groups excluding carboxylic acids is 3. The largest absolute Gasteiger partial charge is 0.300 e. The standard InChI is InChI=1S/C19H28O2.C19H26O/c1-3-5-12-18(20)14-17(15-19(21)13-6-4-2)16-10-8-7-9-11-16;1-3-5-10-16-13-17(15-11-7-6-8-12-15)14-19(20)18(16)9-4-2/h7-11,17H,3-6,12-15H2,1-2H3;6-8,11-12,17H,3-5,9-10,13-14H2,1-2H3. The summed E-state index contributed by atoms with van der Waals surface area (Å²) >= 11 is 0. The second-order valence-corrected chi connectivity index (χ2v) is 11.7. The summed E-state index contributed by atoms with van der Waals surface area (Å²) < 4.78 is 0. The Morgan fingerprint density at radius 1 is 0.683 bits per heavy atom. The first-order valence-corrected chi connectivity index (χ1v) is 16.3. The average molecular weight is 559 g/mol. The first kappa shape index (κ1) is 34.4. The third-order valence-corrected chi connectivity index (χ3v) is 8.13. The van der Waals surface area contributed by atoms with Gasteiger partial charge in [0.25, 0.3) is 0 Å². The Morgan fingerprint density at radius 3 is 1.73 bits per heavy atom. The zero-order chi connectivity index (χ0) is 29.9. The van der Waals surface area contributed by atoms with Crippen LogP contribution >= 0.6 is 0 Å². The van der Waals surface area contributed by atoms with Gasteiger partial charge < -0.3 is 0 Å². The van der Waals surface area contributed by atoms with Crippen molar-refractivity contribution in [1.29, 1.82) is 0 Å². The highest BCUT2D eigenvalue weighted by atomic mass is 16.1. The molecule has 3 nitrogen and oxygen atoms in total. The van der Waals surface area contributed by atoms with Gasteiger partial charge in [-0.15, -0.1) is 0 Å². The van der Waals surface area contributed by atoms with Crippen molar-refractivity contribution in [3.05, 3.63) is 82.9 Å². The van der Waals surface area contributed by atoms with Gasteiger partial charge in [-0.2, -0.15) is 0 Å². The van der Waals surface area contributed by atoms with E-state index in [0.717, 1.165) is 62.5 Å². The summed E-state index contributed by atoms with van der Waals surface area (Å²) in [6.45, 7) is 8.58. The van der Waals surface area contributed by atoms with Gasteiger partial charge in [0.2, 0.25) is 0 Å². The van der Waals surface area contributed by atoms with Crippen molar-refractivity contribution in [2.75, 3.05) is 0 Å². The Hall–Kier alpha value is -2.81. The molecular weight excluding hydrogens is 504 g/mol. The van der Waals surface area contributed by atoms with E-state index in [1.54, 1.807) is 0 Å². The molecule has 224 valence electrons. The Bertz CT molecular complexity index is 1050. The van der Waals surface area contributed by atoms with Crippen molar-refractivity contribution >= 4 is 17.3 Å². The van der Waals surface area contributed by atoms with Crippen LogP contribution < -0.4 is 0 Å². The number of hydrogen-bond acceptors (Lipinski definition) is 3. The third-order valence-electron chi connectivity index (χ3n) is 8.13. The predicted molar refractivity (Wildman–Crippen MR) is 172 cm³/mol. The van der Waals surface area contributed by atoms with E-state index in [9.17, 15) is 14.4 Å². The third kappa shape index (κ3) is 12.7. The molecular formula is C38H54O3. The number of unbranched alkanes of at least 4 members (excludes halogenated alkanes) is 3. The molecule has 0 saturated carbocycles. The Balaban J connectivity index is 0.000000287. The van der Waals surface area contributed by atoms with Crippen molar-refractivity contribution in [3.8, 4) is 0 Å². The van der Waals surface area contributed by atoms with Crippen LogP contribution in [0.4, 0.5) is 0 Å². The predicted octanol–water partition coefficient (Wildman–Crippen LogP) is 10.5. The summed E-state index contributed by atoms with van der Waals surface area (Å²) in [6.07, 6.45) is 13.6. The lowest BCUT2D eigenvalue weighted by molar-refractivity contribution is -0.121. The summed E-state index contributed by atoms with van der Waals surface area (Å²) in [7, 11) is 0. The van der Waals surface area contributed by atoms with Crippen LogP contribution in [-0.4, -0.2) is 17.3 Å². The van der Waals surface area contributed by atoms with Crippen LogP contribution in [0.1, 0.15) is 147 Å². The van der Waals surface area contributed by atoms with Crippen molar-refractivity contribution in [2.24, 2.45) is 0 Å². The molecule has 3 rings (SSSR count). The van der Waals surface area contributed by atoms with Gasteiger partial charge in [-0.3, -0.25) is 14.4 Å². The van der Waals surface area contributed by atoms with Crippen LogP contribution in [-0.2, 0) is 14.4 Å². The van der Waals surface area contributed by atoms with Crippen LogP contribution in [0, 0.1) is 0 Å². The summed E-state index contributed by atoms with van der Waals surface area (Å²) in [6, 6.07) is 20.5. The molecule has 1 atom stereocenters. The van der Waals surface area contributed by atoms with Crippen LogP contribution in [0.5, 0.6) is 0 Å². The molecule has 0 bridgehead atoms. The van der Waals surface area contributed by atoms with E-state index in [2.05, 4.69) is 52.0 Å². The molecule has 0 radical (unpaired) electrons. The first-order valence-electron chi connectivity index (χ1n) is 16.3.